The van der Waals surface area contributed by atoms with Gasteiger partial charge in [0.1, 0.15) is 5.75 Å². The number of hydrogen-bond acceptors (Lipinski definition) is 4. The molecule has 1 heterocycles. The van der Waals surface area contributed by atoms with E-state index in [1.54, 1.807) is 24.4 Å². The van der Waals surface area contributed by atoms with Gasteiger partial charge in [-0.05, 0) is 37.3 Å². The number of nitrogen functional groups attached to an aromatic ring is 1. The topological polar surface area (TPSA) is 71.2 Å². The number of anilines is 2. The monoisotopic (exact) mass is 229 g/mol. The zero-order valence-corrected chi connectivity index (χ0v) is 9.64. The van der Waals surface area contributed by atoms with E-state index in [2.05, 4.69) is 10.3 Å². The summed E-state index contributed by atoms with van der Waals surface area (Å²) >= 11 is 0. The van der Waals surface area contributed by atoms with E-state index in [-0.39, 0.29) is 5.75 Å². The highest BCUT2D eigenvalue weighted by Gasteiger charge is 2.01. The maximum atomic E-state index is 9.66. The number of phenols is 1. The van der Waals surface area contributed by atoms with Crippen LogP contribution >= 0.6 is 0 Å². The summed E-state index contributed by atoms with van der Waals surface area (Å²) < 4.78 is 0. The Labute approximate surface area is 100 Å². The molecule has 17 heavy (non-hydrogen) atoms. The van der Waals surface area contributed by atoms with Crippen LogP contribution in [0, 0.1) is 6.92 Å². The molecule has 0 amide bonds. The Balaban J connectivity index is 2.09. The molecule has 4 nitrogen and oxygen atoms in total. The van der Waals surface area contributed by atoms with Crippen LogP contribution in [-0.2, 0) is 6.54 Å². The first kappa shape index (κ1) is 11.3. The number of aromatic hydroxyl groups is 1. The Morgan fingerprint density at radius 1 is 1.29 bits per heavy atom. The molecule has 0 aliphatic heterocycles. The van der Waals surface area contributed by atoms with Gasteiger partial charge in [-0.2, -0.15) is 0 Å². The summed E-state index contributed by atoms with van der Waals surface area (Å²) in [4.78, 5) is 4.12. The van der Waals surface area contributed by atoms with Crippen LogP contribution in [0.1, 0.15) is 11.3 Å². The SMILES string of the molecule is Cc1cc(NCc2cc(N)ccc2O)ccn1. The summed E-state index contributed by atoms with van der Waals surface area (Å²) in [5.41, 5.74) is 9.02. The zero-order chi connectivity index (χ0) is 12.3. The van der Waals surface area contributed by atoms with E-state index in [1.807, 2.05) is 19.1 Å². The van der Waals surface area contributed by atoms with Crippen LogP contribution in [0.25, 0.3) is 0 Å². The molecule has 0 aliphatic rings. The van der Waals surface area contributed by atoms with Gasteiger partial charge in [0.2, 0.25) is 0 Å². The first-order chi connectivity index (χ1) is 8.15. The minimum Gasteiger partial charge on any atom is -0.508 e. The molecule has 2 rings (SSSR count). The van der Waals surface area contributed by atoms with Gasteiger partial charge in [-0.15, -0.1) is 0 Å². The van der Waals surface area contributed by atoms with Crippen LogP contribution in [0.5, 0.6) is 5.75 Å². The van der Waals surface area contributed by atoms with Crippen LogP contribution in [0.15, 0.2) is 36.5 Å². The van der Waals surface area contributed by atoms with Crippen molar-refractivity contribution in [3.05, 3.63) is 47.8 Å². The number of nitrogens with two attached hydrogens (primary N) is 1. The highest BCUT2D eigenvalue weighted by molar-refractivity contribution is 5.50. The smallest absolute Gasteiger partial charge is 0.120 e. The summed E-state index contributed by atoms with van der Waals surface area (Å²) in [6, 6.07) is 8.87. The third kappa shape index (κ3) is 2.87. The predicted molar refractivity (Wildman–Crippen MR) is 68.8 cm³/mol. The van der Waals surface area contributed by atoms with Gasteiger partial charge in [-0.25, -0.2) is 0 Å². The Morgan fingerprint density at radius 3 is 2.88 bits per heavy atom. The predicted octanol–water partition coefficient (Wildman–Crippen LogP) is 2.29. The molecule has 0 radical (unpaired) electrons. The van der Waals surface area contributed by atoms with Crippen molar-refractivity contribution in [1.82, 2.24) is 4.98 Å². The summed E-state index contributed by atoms with van der Waals surface area (Å²) in [5, 5.41) is 12.9. The number of phenolic OH excluding ortho intramolecular Hbond substituents is 1. The quantitative estimate of drug-likeness (QED) is 0.558. The molecule has 0 saturated carbocycles. The van der Waals surface area contributed by atoms with E-state index in [0.29, 0.717) is 12.2 Å². The van der Waals surface area contributed by atoms with Gasteiger partial charge in [-0.3, -0.25) is 4.98 Å². The van der Waals surface area contributed by atoms with Crippen LogP contribution in [0.3, 0.4) is 0 Å². The molecule has 1 aromatic carbocycles. The fraction of sp³-hybridized carbons (Fsp3) is 0.154. The van der Waals surface area contributed by atoms with Crippen molar-refractivity contribution in [3.8, 4) is 5.75 Å². The second-order valence-corrected chi connectivity index (χ2v) is 3.93. The molecule has 0 unspecified atom stereocenters. The first-order valence-electron chi connectivity index (χ1n) is 5.39. The number of aryl methyl sites for hydroxylation is 1. The molecule has 88 valence electrons. The number of benzene rings is 1. The van der Waals surface area contributed by atoms with Crippen molar-refractivity contribution in [1.29, 1.82) is 0 Å². The first-order valence-corrected chi connectivity index (χ1v) is 5.39. The maximum absolute atomic E-state index is 9.66. The van der Waals surface area contributed by atoms with Crippen molar-refractivity contribution in [2.24, 2.45) is 0 Å². The van der Waals surface area contributed by atoms with Gasteiger partial charge in [-0.1, -0.05) is 0 Å². The molecule has 4 heteroatoms. The minimum atomic E-state index is 0.248. The lowest BCUT2D eigenvalue weighted by Gasteiger charge is -2.09. The summed E-state index contributed by atoms with van der Waals surface area (Å²) in [6.07, 6.45) is 1.75. The second-order valence-electron chi connectivity index (χ2n) is 3.93. The average molecular weight is 229 g/mol. The van der Waals surface area contributed by atoms with Gasteiger partial charge in [0.15, 0.2) is 0 Å². The number of nitrogens with zero attached hydrogens (tertiary/aromatic N) is 1. The molecular formula is C13H15N3O. The van der Waals surface area contributed by atoms with E-state index < -0.39 is 0 Å². The van der Waals surface area contributed by atoms with E-state index in [1.165, 1.54) is 0 Å². The molecule has 0 spiro atoms. The fourth-order valence-corrected chi connectivity index (χ4v) is 1.60. The van der Waals surface area contributed by atoms with Crippen LogP contribution in [0.4, 0.5) is 11.4 Å². The van der Waals surface area contributed by atoms with Crippen LogP contribution < -0.4 is 11.1 Å². The summed E-state index contributed by atoms with van der Waals surface area (Å²) in [7, 11) is 0. The molecule has 1 aromatic heterocycles. The Hall–Kier alpha value is -2.23. The molecular weight excluding hydrogens is 214 g/mol. The van der Waals surface area contributed by atoms with E-state index in [4.69, 9.17) is 5.73 Å². The van der Waals surface area contributed by atoms with Crippen molar-refractivity contribution in [3.63, 3.8) is 0 Å². The van der Waals surface area contributed by atoms with Gasteiger partial charge in [0, 0.05) is 35.4 Å². The summed E-state index contributed by atoms with van der Waals surface area (Å²) in [5.74, 6) is 0.248. The lowest BCUT2D eigenvalue weighted by molar-refractivity contribution is 0.469. The number of aromatic nitrogens is 1. The summed E-state index contributed by atoms with van der Waals surface area (Å²) in [6.45, 7) is 2.46. The third-order valence-corrected chi connectivity index (χ3v) is 2.48. The Kier molecular flexibility index (Phi) is 3.14. The minimum absolute atomic E-state index is 0.248. The van der Waals surface area contributed by atoms with Crippen molar-refractivity contribution in [2.75, 3.05) is 11.1 Å². The number of nitrogens with one attached hydrogen (secondary N) is 1. The highest BCUT2D eigenvalue weighted by atomic mass is 16.3. The number of rotatable bonds is 3. The van der Waals surface area contributed by atoms with Gasteiger partial charge in [0.25, 0.3) is 0 Å². The van der Waals surface area contributed by atoms with Gasteiger partial charge < -0.3 is 16.2 Å². The van der Waals surface area contributed by atoms with Crippen LogP contribution in [0.2, 0.25) is 0 Å². The lowest BCUT2D eigenvalue weighted by atomic mass is 10.1. The Bertz CT molecular complexity index is 526. The standard InChI is InChI=1S/C13H15N3O/c1-9-6-12(4-5-15-9)16-8-10-7-11(14)2-3-13(10)17/h2-7,17H,8,14H2,1H3,(H,15,16). The largest absolute Gasteiger partial charge is 0.508 e. The van der Waals surface area contributed by atoms with E-state index in [9.17, 15) is 5.11 Å². The van der Waals surface area contributed by atoms with Crippen molar-refractivity contribution in [2.45, 2.75) is 13.5 Å². The fourth-order valence-electron chi connectivity index (χ4n) is 1.60. The van der Waals surface area contributed by atoms with Crippen molar-refractivity contribution < 1.29 is 5.11 Å². The third-order valence-electron chi connectivity index (χ3n) is 2.48. The second kappa shape index (κ2) is 4.74. The zero-order valence-electron chi connectivity index (χ0n) is 9.64. The van der Waals surface area contributed by atoms with Gasteiger partial charge >= 0.3 is 0 Å². The number of pyridine rings is 1. The average Bonchev–Trinajstić information content (AvgIpc) is 2.30. The maximum Gasteiger partial charge on any atom is 0.120 e. The van der Waals surface area contributed by atoms with Crippen molar-refractivity contribution >= 4 is 11.4 Å². The van der Waals surface area contributed by atoms with E-state index in [0.717, 1.165) is 16.9 Å². The lowest BCUT2D eigenvalue weighted by Crippen LogP contribution is -2.01. The molecule has 0 fully saturated rings. The van der Waals surface area contributed by atoms with Gasteiger partial charge in [0.05, 0.1) is 0 Å². The molecule has 0 bridgehead atoms. The van der Waals surface area contributed by atoms with Crippen LogP contribution in [-0.4, -0.2) is 10.1 Å². The molecule has 2 aromatic rings. The highest BCUT2D eigenvalue weighted by Crippen LogP contribution is 2.21. The van der Waals surface area contributed by atoms with E-state index >= 15 is 0 Å². The molecule has 0 aliphatic carbocycles. The Morgan fingerprint density at radius 2 is 2.12 bits per heavy atom. The molecule has 0 atom stereocenters. The number of hydrogen-bond donors (Lipinski definition) is 3. The normalized spacial score (nSPS) is 10.2. The molecule has 4 N–H and O–H groups in total. The molecule has 0 saturated heterocycles.